The monoisotopic (exact) mass is 294 g/mol. The van der Waals surface area contributed by atoms with E-state index in [1.165, 1.54) is 0 Å². The van der Waals surface area contributed by atoms with Crippen LogP contribution in [0.3, 0.4) is 0 Å². The predicted molar refractivity (Wildman–Crippen MR) is 88.4 cm³/mol. The van der Waals surface area contributed by atoms with Gasteiger partial charge in [-0.3, -0.25) is 0 Å². The quantitative estimate of drug-likeness (QED) is 0.354. The summed E-state index contributed by atoms with van der Waals surface area (Å²) in [7, 11) is 1.66. The van der Waals surface area contributed by atoms with Crippen molar-refractivity contribution < 1.29 is 14.3 Å². The number of carbonyl (C=O) groups excluding carboxylic acids is 1. The van der Waals surface area contributed by atoms with Gasteiger partial charge in [-0.25, -0.2) is 4.79 Å². The minimum Gasteiger partial charge on any atom is -0.496 e. The summed E-state index contributed by atoms with van der Waals surface area (Å²) >= 11 is 0. The number of benzene rings is 2. The molecule has 0 aliphatic rings. The second-order valence-electron chi connectivity index (χ2n) is 4.58. The normalized spacial score (nSPS) is 10.9. The van der Waals surface area contributed by atoms with Crippen molar-refractivity contribution >= 4 is 11.7 Å². The van der Waals surface area contributed by atoms with Crippen molar-refractivity contribution in [1.82, 2.24) is 0 Å². The fourth-order valence-electron chi connectivity index (χ4n) is 2.10. The lowest BCUT2D eigenvalue weighted by Gasteiger charge is -2.08. The third-order valence-electron chi connectivity index (χ3n) is 3.22. The molecule has 0 aromatic heterocycles. The van der Waals surface area contributed by atoms with Gasteiger partial charge in [0.2, 0.25) is 0 Å². The third-order valence-corrected chi connectivity index (χ3v) is 3.22. The molecule has 3 nitrogen and oxygen atoms in total. The van der Waals surface area contributed by atoms with Crippen LogP contribution in [0.2, 0.25) is 0 Å². The van der Waals surface area contributed by atoms with Gasteiger partial charge in [-0.1, -0.05) is 43.0 Å². The number of ether oxygens (including phenoxy) is 2. The molecule has 112 valence electrons. The number of hydrogen-bond acceptors (Lipinski definition) is 3. The Hall–Kier alpha value is -2.81. The molecule has 0 amide bonds. The largest absolute Gasteiger partial charge is 0.496 e. The van der Waals surface area contributed by atoms with E-state index in [0.29, 0.717) is 5.75 Å². The first-order chi connectivity index (χ1) is 10.7. The number of hydrogen-bond donors (Lipinski definition) is 0. The van der Waals surface area contributed by atoms with Crippen LogP contribution in [0.4, 0.5) is 0 Å². The van der Waals surface area contributed by atoms with E-state index in [4.69, 9.17) is 9.47 Å². The highest BCUT2D eigenvalue weighted by molar-refractivity contribution is 5.83. The smallest absolute Gasteiger partial charge is 0.335 e. The molecule has 0 N–H and O–H groups in total. The molecule has 0 saturated heterocycles. The van der Waals surface area contributed by atoms with Crippen LogP contribution in [-0.2, 0) is 9.53 Å². The second-order valence-corrected chi connectivity index (χ2v) is 4.58. The molecule has 0 saturated carbocycles. The van der Waals surface area contributed by atoms with Crippen molar-refractivity contribution in [1.29, 1.82) is 0 Å². The first-order valence-corrected chi connectivity index (χ1v) is 6.93. The maximum atomic E-state index is 11.1. The van der Waals surface area contributed by atoms with Gasteiger partial charge in [0.25, 0.3) is 0 Å². The van der Waals surface area contributed by atoms with Crippen molar-refractivity contribution in [3.63, 3.8) is 0 Å². The average molecular weight is 294 g/mol. The summed E-state index contributed by atoms with van der Waals surface area (Å²) in [6, 6.07) is 15.4. The first kappa shape index (κ1) is 15.6. The third kappa shape index (κ3) is 3.64. The van der Waals surface area contributed by atoms with Gasteiger partial charge in [0, 0.05) is 11.6 Å². The van der Waals surface area contributed by atoms with Gasteiger partial charge in [0.1, 0.15) is 11.5 Å². The number of rotatable bonds is 5. The zero-order valence-corrected chi connectivity index (χ0v) is 12.7. The van der Waals surface area contributed by atoms with Crippen molar-refractivity contribution in [2.75, 3.05) is 7.11 Å². The standard InChI is InChI=1S/C19H18O3/c1-4-18(21-3)16-8-6-14(7-9-16)15-10-12-17(13-11-15)22-19(20)5-2/h4-13H,2H2,1,3H3/b18-4-. The van der Waals surface area contributed by atoms with Crippen LogP contribution in [0.25, 0.3) is 16.9 Å². The summed E-state index contributed by atoms with van der Waals surface area (Å²) in [5.41, 5.74) is 3.16. The van der Waals surface area contributed by atoms with E-state index in [1.54, 1.807) is 19.2 Å². The van der Waals surface area contributed by atoms with Crippen molar-refractivity contribution in [2.45, 2.75) is 6.92 Å². The predicted octanol–water partition coefficient (Wildman–Crippen LogP) is 4.45. The maximum absolute atomic E-state index is 11.1. The Morgan fingerprint density at radius 3 is 2.00 bits per heavy atom. The fourth-order valence-corrected chi connectivity index (χ4v) is 2.10. The molecule has 0 heterocycles. The van der Waals surface area contributed by atoms with Gasteiger partial charge in [-0.05, 0) is 36.3 Å². The van der Waals surface area contributed by atoms with Crippen LogP contribution in [0.5, 0.6) is 5.75 Å². The van der Waals surface area contributed by atoms with Crippen LogP contribution >= 0.6 is 0 Å². The molecule has 0 bridgehead atoms. The highest BCUT2D eigenvalue weighted by Crippen LogP contribution is 2.25. The lowest BCUT2D eigenvalue weighted by molar-refractivity contribution is -0.128. The Bertz CT molecular complexity index is 680. The Balaban J connectivity index is 2.18. The van der Waals surface area contributed by atoms with Crippen LogP contribution in [0.1, 0.15) is 12.5 Å². The van der Waals surface area contributed by atoms with Crippen molar-refractivity contribution in [3.8, 4) is 16.9 Å². The molecular formula is C19H18O3. The lowest BCUT2D eigenvalue weighted by atomic mass is 10.0. The Labute approximate surface area is 130 Å². The maximum Gasteiger partial charge on any atom is 0.335 e. The van der Waals surface area contributed by atoms with E-state index in [2.05, 4.69) is 6.58 Å². The highest BCUT2D eigenvalue weighted by atomic mass is 16.5. The Morgan fingerprint density at radius 2 is 1.55 bits per heavy atom. The van der Waals surface area contributed by atoms with Crippen LogP contribution in [0.15, 0.2) is 67.3 Å². The summed E-state index contributed by atoms with van der Waals surface area (Å²) in [5, 5.41) is 0. The Morgan fingerprint density at radius 1 is 1.00 bits per heavy atom. The molecule has 0 fully saturated rings. The SMILES string of the molecule is C=CC(=O)Oc1ccc(-c2ccc(/C(=C/C)OC)cc2)cc1. The summed E-state index contributed by atoms with van der Waals surface area (Å²) < 4.78 is 10.4. The van der Waals surface area contributed by atoms with Gasteiger partial charge in [0.05, 0.1) is 7.11 Å². The molecule has 0 radical (unpaired) electrons. The van der Waals surface area contributed by atoms with Gasteiger partial charge < -0.3 is 9.47 Å². The van der Waals surface area contributed by atoms with Gasteiger partial charge >= 0.3 is 5.97 Å². The topological polar surface area (TPSA) is 35.5 Å². The van der Waals surface area contributed by atoms with Crippen molar-refractivity contribution in [3.05, 3.63) is 72.8 Å². The fraction of sp³-hybridized carbons (Fsp3) is 0.105. The van der Waals surface area contributed by atoms with Crippen molar-refractivity contribution in [2.24, 2.45) is 0 Å². The van der Waals surface area contributed by atoms with Crippen LogP contribution in [-0.4, -0.2) is 13.1 Å². The minimum absolute atomic E-state index is 0.462. The summed E-state index contributed by atoms with van der Waals surface area (Å²) in [6.45, 7) is 5.31. The second kappa shape index (κ2) is 7.27. The number of esters is 1. The highest BCUT2D eigenvalue weighted by Gasteiger charge is 2.03. The molecule has 0 aliphatic heterocycles. The molecule has 3 heteroatoms. The lowest BCUT2D eigenvalue weighted by Crippen LogP contribution is -2.02. The zero-order chi connectivity index (χ0) is 15.9. The number of carbonyl (C=O) groups is 1. The number of methoxy groups -OCH3 is 1. The molecule has 0 spiro atoms. The van der Waals surface area contributed by atoms with Crippen LogP contribution < -0.4 is 4.74 Å². The Kier molecular flexibility index (Phi) is 5.15. The molecule has 0 unspecified atom stereocenters. The van der Waals surface area contributed by atoms with Gasteiger partial charge in [0.15, 0.2) is 0 Å². The van der Waals surface area contributed by atoms with E-state index in [-0.39, 0.29) is 0 Å². The molecule has 22 heavy (non-hydrogen) atoms. The van der Waals surface area contributed by atoms with E-state index in [1.807, 2.05) is 49.4 Å². The summed E-state index contributed by atoms with van der Waals surface area (Å²) in [5.74, 6) is 0.884. The average Bonchev–Trinajstić information content (AvgIpc) is 2.57. The van der Waals surface area contributed by atoms with Gasteiger partial charge in [-0.2, -0.15) is 0 Å². The first-order valence-electron chi connectivity index (χ1n) is 6.93. The van der Waals surface area contributed by atoms with E-state index < -0.39 is 5.97 Å². The molecule has 0 aliphatic carbocycles. The minimum atomic E-state index is -0.462. The molecule has 2 aromatic rings. The van der Waals surface area contributed by atoms with Crippen LogP contribution in [0, 0.1) is 0 Å². The van der Waals surface area contributed by atoms with E-state index in [0.717, 1.165) is 28.5 Å². The molecule has 0 atom stereocenters. The zero-order valence-electron chi connectivity index (χ0n) is 12.7. The molecular weight excluding hydrogens is 276 g/mol. The molecule has 2 rings (SSSR count). The van der Waals surface area contributed by atoms with Gasteiger partial charge in [-0.15, -0.1) is 0 Å². The number of allylic oxidation sites excluding steroid dienone is 1. The summed E-state index contributed by atoms with van der Waals surface area (Å²) in [6.07, 6.45) is 3.07. The van der Waals surface area contributed by atoms with E-state index in [9.17, 15) is 4.79 Å². The van der Waals surface area contributed by atoms with E-state index >= 15 is 0 Å². The summed E-state index contributed by atoms with van der Waals surface area (Å²) in [4.78, 5) is 11.1. The molecule has 2 aromatic carbocycles.